The Labute approximate surface area is 113 Å². The number of carbonyl (C=O) groups excluding carboxylic acids is 1. The van der Waals surface area contributed by atoms with Crippen LogP contribution in [0.5, 0.6) is 0 Å². The van der Waals surface area contributed by atoms with Crippen molar-refractivity contribution in [2.45, 2.75) is 38.2 Å². The minimum atomic E-state index is -0.424. The Balaban J connectivity index is 1.70. The highest BCUT2D eigenvalue weighted by Crippen LogP contribution is 2.26. The number of carbonyl (C=O) groups is 1. The first kappa shape index (κ1) is 13.9. The zero-order valence-corrected chi connectivity index (χ0v) is 11.0. The van der Waals surface area contributed by atoms with Gasteiger partial charge in [-0.15, -0.1) is 0 Å². The third kappa shape index (κ3) is 4.56. The van der Waals surface area contributed by atoms with Gasteiger partial charge in [0.05, 0.1) is 18.6 Å². The Bertz CT molecular complexity index is 405. The maximum Gasteiger partial charge on any atom is 0.244 e. The number of rotatable bonds is 5. The number of hydrogen-bond donors (Lipinski definition) is 2. The Morgan fingerprint density at radius 3 is 2.95 bits per heavy atom. The molecule has 19 heavy (non-hydrogen) atoms. The van der Waals surface area contributed by atoms with E-state index in [0.29, 0.717) is 12.5 Å². The molecule has 4 nitrogen and oxygen atoms in total. The fourth-order valence-electron chi connectivity index (χ4n) is 2.49. The van der Waals surface area contributed by atoms with Crippen molar-refractivity contribution in [2.24, 2.45) is 5.92 Å². The molecule has 2 rings (SSSR count). The van der Waals surface area contributed by atoms with E-state index in [0.717, 1.165) is 18.4 Å². The third-order valence-corrected chi connectivity index (χ3v) is 3.65. The van der Waals surface area contributed by atoms with E-state index >= 15 is 0 Å². The van der Waals surface area contributed by atoms with Gasteiger partial charge in [-0.05, 0) is 30.9 Å². The molecule has 1 fully saturated rings. The molecule has 0 bridgehead atoms. The summed E-state index contributed by atoms with van der Waals surface area (Å²) in [7, 11) is 0. The summed E-state index contributed by atoms with van der Waals surface area (Å²) in [6, 6.07) is 1.78. The highest BCUT2D eigenvalue weighted by molar-refractivity contribution is 5.91. The van der Waals surface area contributed by atoms with E-state index in [1.54, 1.807) is 24.7 Å². The van der Waals surface area contributed by atoms with Crippen LogP contribution < -0.4 is 5.32 Å². The second-order valence-electron chi connectivity index (χ2n) is 5.10. The summed E-state index contributed by atoms with van der Waals surface area (Å²) >= 11 is 0. The van der Waals surface area contributed by atoms with E-state index in [9.17, 15) is 9.90 Å². The van der Waals surface area contributed by atoms with E-state index in [-0.39, 0.29) is 5.91 Å². The van der Waals surface area contributed by atoms with Crippen LogP contribution in [0.4, 0.5) is 0 Å². The number of aliphatic hydroxyl groups excluding tert-OH is 1. The smallest absolute Gasteiger partial charge is 0.244 e. The van der Waals surface area contributed by atoms with Crippen LogP contribution >= 0.6 is 0 Å². The van der Waals surface area contributed by atoms with Crippen LogP contribution in [0.1, 0.15) is 37.7 Å². The van der Waals surface area contributed by atoms with Crippen molar-refractivity contribution in [1.29, 1.82) is 0 Å². The van der Waals surface area contributed by atoms with E-state index in [4.69, 9.17) is 4.42 Å². The second-order valence-corrected chi connectivity index (χ2v) is 5.10. The van der Waals surface area contributed by atoms with Crippen LogP contribution in [-0.4, -0.2) is 23.7 Å². The molecule has 104 valence electrons. The summed E-state index contributed by atoms with van der Waals surface area (Å²) in [6.07, 6.45) is 11.6. The lowest BCUT2D eigenvalue weighted by atomic mass is 9.85. The van der Waals surface area contributed by atoms with Crippen LogP contribution in [0.25, 0.3) is 6.08 Å². The van der Waals surface area contributed by atoms with Gasteiger partial charge in [0.2, 0.25) is 5.91 Å². The molecule has 2 N–H and O–H groups in total. The molecule has 4 heteroatoms. The zero-order chi connectivity index (χ0) is 13.5. The van der Waals surface area contributed by atoms with Gasteiger partial charge >= 0.3 is 0 Å². The van der Waals surface area contributed by atoms with E-state index < -0.39 is 6.10 Å². The standard InChI is InChI=1S/C15H21NO3/c17-14(13-4-2-1-3-5-13)10-16-15(18)7-6-12-8-9-19-11-12/h6-9,11,13-14,17H,1-5,10H2,(H,16,18)/b7-6+/t14-/m1/s1. The van der Waals surface area contributed by atoms with Crippen LogP contribution in [0.15, 0.2) is 29.1 Å². The number of nitrogens with one attached hydrogen (secondary N) is 1. The average molecular weight is 263 g/mol. The molecule has 1 atom stereocenters. The zero-order valence-electron chi connectivity index (χ0n) is 11.0. The predicted octanol–water partition coefficient (Wildman–Crippen LogP) is 2.35. The van der Waals surface area contributed by atoms with Crippen molar-refractivity contribution in [3.05, 3.63) is 30.2 Å². The second kappa shape index (κ2) is 7.14. The summed E-state index contributed by atoms with van der Waals surface area (Å²) in [5.41, 5.74) is 0.850. The molecule has 1 heterocycles. The number of furan rings is 1. The van der Waals surface area contributed by atoms with Gasteiger partial charge in [0.25, 0.3) is 0 Å². The Morgan fingerprint density at radius 2 is 2.26 bits per heavy atom. The SMILES string of the molecule is O=C(/C=C/c1ccoc1)NC[C@@H](O)C1CCCCC1. The first-order valence-corrected chi connectivity index (χ1v) is 6.92. The van der Waals surface area contributed by atoms with Crippen LogP contribution in [0.3, 0.4) is 0 Å². The number of hydrogen-bond acceptors (Lipinski definition) is 3. The maximum atomic E-state index is 11.6. The van der Waals surface area contributed by atoms with Crippen LogP contribution in [0.2, 0.25) is 0 Å². The van der Waals surface area contributed by atoms with Gasteiger partial charge in [-0.2, -0.15) is 0 Å². The van der Waals surface area contributed by atoms with Gasteiger partial charge in [0.15, 0.2) is 0 Å². The minimum Gasteiger partial charge on any atom is -0.472 e. The lowest BCUT2D eigenvalue weighted by Crippen LogP contribution is -2.36. The fraction of sp³-hybridized carbons (Fsp3) is 0.533. The molecular formula is C15H21NO3. The number of amides is 1. The van der Waals surface area contributed by atoms with Crippen molar-refractivity contribution in [1.82, 2.24) is 5.32 Å². The van der Waals surface area contributed by atoms with Gasteiger partial charge in [0.1, 0.15) is 0 Å². The lowest BCUT2D eigenvalue weighted by Gasteiger charge is -2.26. The Hall–Kier alpha value is -1.55. The molecule has 1 aliphatic carbocycles. The van der Waals surface area contributed by atoms with Crippen molar-refractivity contribution in [3.63, 3.8) is 0 Å². The number of aliphatic hydroxyl groups is 1. The van der Waals surface area contributed by atoms with Gasteiger partial charge in [-0.25, -0.2) is 0 Å². The molecule has 1 aromatic heterocycles. The molecule has 0 aliphatic heterocycles. The normalized spacial score (nSPS) is 18.6. The molecule has 0 saturated heterocycles. The molecule has 1 aliphatic rings. The average Bonchev–Trinajstić information content (AvgIpc) is 2.96. The van der Waals surface area contributed by atoms with Crippen molar-refractivity contribution in [2.75, 3.05) is 6.54 Å². The van der Waals surface area contributed by atoms with Gasteiger partial charge in [-0.1, -0.05) is 19.3 Å². The summed E-state index contributed by atoms with van der Waals surface area (Å²) in [4.78, 5) is 11.6. The Morgan fingerprint density at radius 1 is 1.47 bits per heavy atom. The first-order valence-electron chi connectivity index (χ1n) is 6.92. The molecular weight excluding hydrogens is 242 g/mol. The Kier molecular flexibility index (Phi) is 5.21. The summed E-state index contributed by atoms with van der Waals surface area (Å²) in [5.74, 6) is 0.156. The van der Waals surface area contributed by atoms with Crippen molar-refractivity contribution >= 4 is 12.0 Å². The van der Waals surface area contributed by atoms with Crippen LogP contribution in [-0.2, 0) is 4.79 Å². The predicted molar refractivity (Wildman–Crippen MR) is 73.3 cm³/mol. The molecule has 0 spiro atoms. The molecule has 1 amide bonds. The minimum absolute atomic E-state index is 0.184. The van der Waals surface area contributed by atoms with E-state index in [1.165, 1.54) is 25.3 Å². The van der Waals surface area contributed by atoms with Crippen LogP contribution in [0, 0.1) is 5.92 Å². The highest BCUT2D eigenvalue weighted by atomic mass is 16.3. The highest BCUT2D eigenvalue weighted by Gasteiger charge is 2.21. The quantitative estimate of drug-likeness (QED) is 0.802. The van der Waals surface area contributed by atoms with Gasteiger partial charge in [0, 0.05) is 18.2 Å². The van der Waals surface area contributed by atoms with Gasteiger partial charge in [-0.3, -0.25) is 4.79 Å². The lowest BCUT2D eigenvalue weighted by molar-refractivity contribution is -0.117. The van der Waals surface area contributed by atoms with Gasteiger partial charge < -0.3 is 14.8 Å². The molecule has 0 radical (unpaired) electrons. The monoisotopic (exact) mass is 263 g/mol. The van der Waals surface area contributed by atoms with Crippen molar-refractivity contribution in [3.8, 4) is 0 Å². The van der Waals surface area contributed by atoms with E-state index in [1.807, 2.05) is 0 Å². The first-order chi connectivity index (χ1) is 9.25. The summed E-state index contributed by atoms with van der Waals surface area (Å²) < 4.78 is 4.90. The van der Waals surface area contributed by atoms with Crippen molar-refractivity contribution < 1.29 is 14.3 Å². The summed E-state index contributed by atoms with van der Waals surface area (Å²) in [5, 5.41) is 12.8. The molecule has 1 saturated carbocycles. The maximum absolute atomic E-state index is 11.6. The fourth-order valence-corrected chi connectivity index (χ4v) is 2.49. The largest absolute Gasteiger partial charge is 0.472 e. The topological polar surface area (TPSA) is 62.5 Å². The molecule has 1 aromatic rings. The summed E-state index contributed by atoms with van der Waals surface area (Å²) in [6.45, 7) is 0.333. The molecule has 0 unspecified atom stereocenters. The third-order valence-electron chi connectivity index (χ3n) is 3.65. The molecule has 0 aromatic carbocycles. The van der Waals surface area contributed by atoms with E-state index in [2.05, 4.69) is 5.32 Å².